The van der Waals surface area contributed by atoms with E-state index >= 15 is 0 Å². The van der Waals surface area contributed by atoms with Crippen LogP contribution in [0.5, 0.6) is 5.75 Å². The van der Waals surface area contributed by atoms with E-state index in [1.54, 1.807) is 7.05 Å². The molecule has 6 nitrogen and oxygen atoms in total. The van der Waals surface area contributed by atoms with Crippen LogP contribution in [0.1, 0.15) is 30.9 Å². The van der Waals surface area contributed by atoms with Gasteiger partial charge in [0, 0.05) is 20.1 Å². The molecule has 0 saturated carbocycles. The van der Waals surface area contributed by atoms with Gasteiger partial charge in [-0.15, -0.1) is 0 Å². The molecule has 0 fully saturated rings. The monoisotopic (exact) mass is 342 g/mol. The first-order valence-corrected chi connectivity index (χ1v) is 9.41. The molecule has 0 unspecified atom stereocenters. The molecule has 130 valence electrons. The molecule has 23 heavy (non-hydrogen) atoms. The number of nitrogens with zero attached hydrogens (tertiary/aromatic N) is 1. The van der Waals surface area contributed by atoms with E-state index in [1.807, 2.05) is 25.1 Å². The minimum Gasteiger partial charge on any atom is -0.483 e. The Morgan fingerprint density at radius 1 is 1.35 bits per heavy atom. The first kappa shape index (κ1) is 19.4. The molecule has 1 rings (SSSR count). The van der Waals surface area contributed by atoms with Gasteiger partial charge in [-0.3, -0.25) is 4.79 Å². The van der Waals surface area contributed by atoms with E-state index < -0.39 is 10.0 Å². The second-order valence-corrected chi connectivity index (χ2v) is 7.80. The number of benzene rings is 1. The average Bonchev–Trinajstić information content (AvgIpc) is 2.42. The smallest absolute Gasteiger partial charge is 0.260 e. The molecule has 0 aliphatic heterocycles. The third-order valence-corrected chi connectivity index (χ3v) is 4.11. The maximum absolute atomic E-state index is 12.1. The van der Waals surface area contributed by atoms with Gasteiger partial charge >= 0.3 is 0 Å². The van der Waals surface area contributed by atoms with E-state index in [-0.39, 0.29) is 19.1 Å². The molecule has 0 spiro atoms. The molecule has 7 heteroatoms. The third kappa shape index (κ3) is 7.00. The normalized spacial score (nSPS) is 11.6. The number of sulfonamides is 1. The van der Waals surface area contributed by atoms with E-state index in [0.717, 1.165) is 23.1 Å². The van der Waals surface area contributed by atoms with Crippen molar-refractivity contribution in [1.82, 2.24) is 9.62 Å². The quantitative estimate of drug-likeness (QED) is 0.777. The highest BCUT2D eigenvalue weighted by Crippen LogP contribution is 2.27. The fourth-order valence-corrected chi connectivity index (χ4v) is 2.48. The Hall–Kier alpha value is -1.60. The summed E-state index contributed by atoms with van der Waals surface area (Å²) in [6, 6.07) is 5.96. The highest BCUT2D eigenvalue weighted by molar-refractivity contribution is 7.88. The van der Waals surface area contributed by atoms with Gasteiger partial charge in [0.15, 0.2) is 6.61 Å². The number of nitrogens with one attached hydrogen (secondary N) is 1. The van der Waals surface area contributed by atoms with Gasteiger partial charge in [0.25, 0.3) is 5.91 Å². The lowest BCUT2D eigenvalue weighted by Crippen LogP contribution is -2.38. The molecule has 0 radical (unpaired) electrons. The Morgan fingerprint density at radius 3 is 2.57 bits per heavy atom. The molecule has 0 saturated heterocycles. The molecule has 1 N–H and O–H groups in total. The summed E-state index contributed by atoms with van der Waals surface area (Å²) in [6.07, 6.45) is 1.09. The maximum Gasteiger partial charge on any atom is 0.260 e. The first-order chi connectivity index (χ1) is 10.6. The minimum absolute atomic E-state index is 0.0709. The molecule has 0 aliphatic rings. The van der Waals surface area contributed by atoms with Crippen molar-refractivity contribution in [2.75, 3.05) is 33.0 Å². The second kappa shape index (κ2) is 8.31. The highest BCUT2D eigenvalue weighted by Gasteiger charge is 2.13. The minimum atomic E-state index is -3.24. The zero-order valence-electron chi connectivity index (χ0n) is 14.4. The van der Waals surface area contributed by atoms with Crippen LogP contribution in [0.2, 0.25) is 0 Å². The summed E-state index contributed by atoms with van der Waals surface area (Å²) >= 11 is 0. The number of amides is 1. The van der Waals surface area contributed by atoms with Crippen molar-refractivity contribution in [1.29, 1.82) is 0 Å². The van der Waals surface area contributed by atoms with E-state index in [4.69, 9.17) is 4.74 Å². The van der Waals surface area contributed by atoms with Crippen molar-refractivity contribution in [3.8, 4) is 5.75 Å². The lowest BCUT2D eigenvalue weighted by atomic mass is 10.0. The number of ether oxygens (including phenoxy) is 1. The summed E-state index contributed by atoms with van der Waals surface area (Å²) in [5.74, 6) is 0.824. The lowest BCUT2D eigenvalue weighted by molar-refractivity contribution is -0.131. The summed E-state index contributed by atoms with van der Waals surface area (Å²) in [7, 11) is -1.62. The zero-order valence-corrected chi connectivity index (χ0v) is 15.2. The van der Waals surface area contributed by atoms with Crippen molar-refractivity contribution >= 4 is 15.9 Å². The number of hydrogen-bond donors (Lipinski definition) is 1. The van der Waals surface area contributed by atoms with E-state index in [2.05, 4.69) is 18.6 Å². The van der Waals surface area contributed by atoms with E-state index in [9.17, 15) is 13.2 Å². The molecule has 0 aliphatic carbocycles. The van der Waals surface area contributed by atoms with Crippen molar-refractivity contribution < 1.29 is 17.9 Å². The Kier molecular flexibility index (Phi) is 7.02. The molecular weight excluding hydrogens is 316 g/mol. The summed E-state index contributed by atoms with van der Waals surface area (Å²) in [5, 5.41) is 0. The molecule has 1 aromatic rings. The Morgan fingerprint density at radius 2 is 2.00 bits per heavy atom. The summed E-state index contributed by atoms with van der Waals surface area (Å²) < 4.78 is 30.0. The maximum atomic E-state index is 12.1. The van der Waals surface area contributed by atoms with Gasteiger partial charge in [-0.05, 0) is 30.0 Å². The van der Waals surface area contributed by atoms with Gasteiger partial charge in [-0.1, -0.05) is 26.0 Å². The van der Waals surface area contributed by atoms with Crippen molar-refractivity contribution in [2.24, 2.45) is 0 Å². The average molecular weight is 342 g/mol. The van der Waals surface area contributed by atoms with Gasteiger partial charge in [-0.25, -0.2) is 13.1 Å². The Bertz CT molecular complexity index is 641. The van der Waals surface area contributed by atoms with Crippen LogP contribution in [0.15, 0.2) is 18.2 Å². The molecule has 0 heterocycles. The van der Waals surface area contributed by atoms with Gasteiger partial charge in [-0.2, -0.15) is 0 Å². The number of likely N-dealkylation sites (N-methyl/N-ethyl adjacent to an activating group) is 1. The van der Waals surface area contributed by atoms with Crippen molar-refractivity contribution in [3.63, 3.8) is 0 Å². The van der Waals surface area contributed by atoms with Gasteiger partial charge in [0.1, 0.15) is 5.75 Å². The summed E-state index contributed by atoms with van der Waals surface area (Å²) in [6.45, 7) is 6.52. The van der Waals surface area contributed by atoms with Crippen LogP contribution in [0.25, 0.3) is 0 Å². The van der Waals surface area contributed by atoms with Crippen LogP contribution in [0.4, 0.5) is 0 Å². The zero-order chi connectivity index (χ0) is 17.6. The number of hydrogen-bond acceptors (Lipinski definition) is 4. The second-order valence-electron chi connectivity index (χ2n) is 5.97. The Labute approximate surface area is 138 Å². The standard InChI is InChI=1S/C16H26N2O4S/c1-12(2)14-7-6-13(3)10-15(14)22-11-16(19)18(4)9-8-17-23(5,20)21/h6-7,10,12,17H,8-9,11H2,1-5H3. The van der Waals surface area contributed by atoms with Crippen molar-refractivity contribution in [2.45, 2.75) is 26.7 Å². The van der Waals surface area contributed by atoms with E-state index in [1.165, 1.54) is 4.90 Å². The van der Waals surface area contributed by atoms with Crippen LogP contribution in [-0.4, -0.2) is 52.2 Å². The third-order valence-electron chi connectivity index (χ3n) is 3.38. The Balaban J connectivity index is 2.57. The van der Waals surface area contributed by atoms with Crippen LogP contribution in [0, 0.1) is 6.92 Å². The summed E-state index contributed by atoms with van der Waals surface area (Å²) in [4.78, 5) is 13.5. The van der Waals surface area contributed by atoms with Crippen LogP contribution in [0.3, 0.4) is 0 Å². The fourth-order valence-electron chi connectivity index (χ4n) is 2.02. The predicted molar refractivity (Wildman–Crippen MR) is 91.2 cm³/mol. The van der Waals surface area contributed by atoms with Crippen LogP contribution in [-0.2, 0) is 14.8 Å². The van der Waals surface area contributed by atoms with Gasteiger partial charge in [0.05, 0.1) is 6.26 Å². The van der Waals surface area contributed by atoms with Crippen molar-refractivity contribution in [3.05, 3.63) is 29.3 Å². The van der Waals surface area contributed by atoms with Gasteiger partial charge < -0.3 is 9.64 Å². The van der Waals surface area contributed by atoms with E-state index in [0.29, 0.717) is 12.5 Å². The topological polar surface area (TPSA) is 75.7 Å². The van der Waals surface area contributed by atoms with Crippen LogP contribution >= 0.6 is 0 Å². The molecule has 0 bridgehead atoms. The number of rotatable bonds is 8. The predicted octanol–water partition coefficient (Wildman–Crippen LogP) is 1.50. The summed E-state index contributed by atoms with van der Waals surface area (Å²) in [5.41, 5.74) is 2.13. The number of aryl methyl sites for hydroxylation is 1. The molecule has 0 atom stereocenters. The number of carbonyl (C=O) groups is 1. The number of carbonyl (C=O) groups excluding carboxylic acids is 1. The molecular formula is C16H26N2O4S. The first-order valence-electron chi connectivity index (χ1n) is 7.52. The highest BCUT2D eigenvalue weighted by atomic mass is 32.2. The molecule has 0 aromatic heterocycles. The lowest BCUT2D eigenvalue weighted by Gasteiger charge is -2.19. The fraction of sp³-hybridized carbons (Fsp3) is 0.562. The SMILES string of the molecule is Cc1ccc(C(C)C)c(OCC(=O)N(C)CCNS(C)(=O)=O)c1. The molecule has 1 amide bonds. The largest absolute Gasteiger partial charge is 0.483 e. The van der Waals surface area contributed by atoms with Gasteiger partial charge in [0.2, 0.25) is 10.0 Å². The molecule has 1 aromatic carbocycles. The van der Waals surface area contributed by atoms with Crippen LogP contribution < -0.4 is 9.46 Å².